The number of hydrogen-bond donors (Lipinski definition) is 0. The Bertz CT molecular complexity index is 801. The van der Waals surface area contributed by atoms with E-state index in [1.54, 1.807) is 0 Å². The molecule has 25 heavy (non-hydrogen) atoms. The van der Waals surface area contributed by atoms with Crippen LogP contribution in [-0.2, 0) is 11.3 Å². The van der Waals surface area contributed by atoms with Crippen molar-refractivity contribution in [2.45, 2.75) is 25.9 Å². The predicted molar refractivity (Wildman–Crippen MR) is 104 cm³/mol. The average molecular weight is 396 g/mol. The Balaban J connectivity index is 1.76. The summed E-state index contributed by atoms with van der Waals surface area (Å²) in [5.41, 5.74) is 2.40. The van der Waals surface area contributed by atoms with Crippen LogP contribution in [0.25, 0.3) is 0 Å². The highest BCUT2D eigenvalue weighted by atomic mass is 79.9. The molecule has 1 saturated heterocycles. The van der Waals surface area contributed by atoms with Crippen LogP contribution < -0.4 is 0 Å². The van der Waals surface area contributed by atoms with Crippen molar-refractivity contribution in [1.82, 2.24) is 4.90 Å². The molecule has 0 spiro atoms. The van der Waals surface area contributed by atoms with Gasteiger partial charge >= 0.3 is 0 Å². The number of amides is 1. The molecule has 2 nitrogen and oxygen atoms in total. The lowest BCUT2D eigenvalue weighted by molar-refractivity contribution is -0.134. The lowest BCUT2D eigenvalue weighted by Gasteiger charge is -2.29. The molecule has 0 radical (unpaired) electrons. The second-order valence-electron chi connectivity index (χ2n) is 7.20. The number of halogens is 1. The normalized spacial score (nSPS) is 28.2. The number of rotatable bonds is 3. The number of nitrogens with zero attached hydrogens (tertiary/aromatic N) is 1. The molecule has 2 aromatic carbocycles. The molecule has 1 heterocycles. The summed E-state index contributed by atoms with van der Waals surface area (Å²) < 4.78 is 1.06. The minimum absolute atomic E-state index is 0.0951. The molecule has 2 aliphatic rings. The van der Waals surface area contributed by atoms with Gasteiger partial charge < -0.3 is 4.90 Å². The minimum Gasteiger partial charge on any atom is -0.330 e. The molecule has 0 bridgehead atoms. The second-order valence-corrected chi connectivity index (χ2v) is 8.11. The van der Waals surface area contributed by atoms with E-state index in [9.17, 15) is 4.79 Å². The Morgan fingerprint density at radius 3 is 2.68 bits per heavy atom. The van der Waals surface area contributed by atoms with E-state index < -0.39 is 0 Å². The predicted octanol–water partition coefficient (Wildman–Crippen LogP) is 5.36. The van der Waals surface area contributed by atoms with Crippen LogP contribution in [0.15, 0.2) is 71.2 Å². The minimum atomic E-state index is 0.0951. The zero-order valence-corrected chi connectivity index (χ0v) is 15.9. The summed E-state index contributed by atoms with van der Waals surface area (Å²) >= 11 is 3.59. The Morgan fingerprint density at radius 1 is 1.12 bits per heavy atom. The average Bonchev–Trinajstić information content (AvgIpc) is 2.89. The van der Waals surface area contributed by atoms with Gasteiger partial charge in [-0.1, -0.05) is 77.5 Å². The Hall–Kier alpha value is -1.87. The molecule has 4 rings (SSSR count). The fourth-order valence-corrected chi connectivity index (χ4v) is 4.81. The number of fused-ring (bicyclic) bond motifs is 1. The van der Waals surface area contributed by atoms with Crippen molar-refractivity contribution in [3.63, 3.8) is 0 Å². The summed E-state index contributed by atoms with van der Waals surface area (Å²) in [6.45, 7) is 2.88. The molecule has 1 aliphatic heterocycles. The van der Waals surface area contributed by atoms with E-state index in [1.165, 1.54) is 11.1 Å². The number of carbonyl (C=O) groups excluding carboxylic acids is 1. The fourth-order valence-electron chi connectivity index (χ4n) is 4.39. The third-order valence-corrected chi connectivity index (χ3v) is 6.04. The van der Waals surface area contributed by atoms with E-state index in [0.29, 0.717) is 18.4 Å². The van der Waals surface area contributed by atoms with Gasteiger partial charge in [0.05, 0.1) is 6.04 Å². The van der Waals surface area contributed by atoms with E-state index in [2.05, 4.69) is 70.2 Å². The van der Waals surface area contributed by atoms with Gasteiger partial charge in [0.2, 0.25) is 5.91 Å². The van der Waals surface area contributed by atoms with Crippen molar-refractivity contribution >= 4 is 21.8 Å². The van der Waals surface area contributed by atoms with E-state index >= 15 is 0 Å². The zero-order valence-electron chi connectivity index (χ0n) is 14.3. The van der Waals surface area contributed by atoms with Crippen LogP contribution in [0, 0.1) is 17.8 Å². The number of carbonyl (C=O) groups is 1. The number of likely N-dealkylation sites (tertiary alicyclic amines) is 1. The maximum absolute atomic E-state index is 13.3. The van der Waals surface area contributed by atoms with Crippen molar-refractivity contribution < 1.29 is 4.79 Å². The van der Waals surface area contributed by atoms with Gasteiger partial charge in [0.15, 0.2) is 0 Å². The van der Waals surface area contributed by atoms with Gasteiger partial charge in [-0.2, -0.15) is 0 Å². The molecule has 0 saturated carbocycles. The van der Waals surface area contributed by atoms with Crippen LogP contribution in [0.5, 0.6) is 0 Å². The third-order valence-electron chi connectivity index (χ3n) is 5.55. The molecular formula is C22H22BrNO. The third kappa shape index (κ3) is 3.06. The smallest absolute Gasteiger partial charge is 0.227 e. The van der Waals surface area contributed by atoms with Crippen molar-refractivity contribution in [2.24, 2.45) is 17.8 Å². The molecule has 3 heteroatoms. The molecular weight excluding hydrogens is 374 g/mol. The van der Waals surface area contributed by atoms with Gasteiger partial charge in [0, 0.05) is 22.9 Å². The van der Waals surface area contributed by atoms with Crippen LogP contribution in [0.2, 0.25) is 0 Å². The molecule has 0 unspecified atom stereocenters. The SMILES string of the molecule is C[C@@H]1CC=C[C@@H]2[C@H]1C(=O)N(Cc1ccccc1)[C@H]2c1cccc(Br)c1. The summed E-state index contributed by atoms with van der Waals surface area (Å²) in [6, 6.07) is 18.8. The molecule has 128 valence electrons. The fraction of sp³-hybridized carbons (Fsp3) is 0.318. The van der Waals surface area contributed by atoms with E-state index in [1.807, 2.05) is 24.3 Å². The lowest BCUT2D eigenvalue weighted by atomic mass is 9.75. The summed E-state index contributed by atoms with van der Waals surface area (Å²) in [5.74, 6) is 1.06. The number of benzene rings is 2. The van der Waals surface area contributed by atoms with Crippen molar-refractivity contribution in [2.75, 3.05) is 0 Å². The first-order chi connectivity index (χ1) is 12.1. The molecule has 0 aromatic heterocycles. The van der Waals surface area contributed by atoms with Crippen LogP contribution in [0.4, 0.5) is 0 Å². The van der Waals surface area contributed by atoms with Crippen LogP contribution in [0.1, 0.15) is 30.5 Å². The monoisotopic (exact) mass is 395 g/mol. The highest BCUT2D eigenvalue weighted by molar-refractivity contribution is 9.10. The molecule has 2 aromatic rings. The Kier molecular flexibility index (Phi) is 4.51. The van der Waals surface area contributed by atoms with Gasteiger partial charge in [0.1, 0.15) is 0 Å². The summed E-state index contributed by atoms with van der Waals surface area (Å²) in [7, 11) is 0. The molecule has 0 N–H and O–H groups in total. The van der Waals surface area contributed by atoms with Gasteiger partial charge in [-0.3, -0.25) is 4.79 Å². The first-order valence-electron chi connectivity index (χ1n) is 8.91. The van der Waals surface area contributed by atoms with Crippen molar-refractivity contribution in [1.29, 1.82) is 0 Å². The van der Waals surface area contributed by atoms with Crippen molar-refractivity contribution in [3.05, 3.63) is 82.3 Å². The van der Waals surface area contributed by atoms with Crippen molar-refractivity contribution in [3.8, 4) is 0 Å². The lowest BCUT2D eigenvalue weighted by Crippen LogP contribution is -2.30. The summed E-state index contributed by atoms with van der Waals surface area (Å²) in [6.07, 6.45) is 5.53. The van der Waals surface area contributed by atoms with Gasteiger partial charge in [-0.05, 0) is 35.6 Å². The highest BCUT2D eigenvalue weighted by Gasteiger charge is 2.50. The quantitative estimate of drug-likeness (QED) is 0.640. The van der Waals surface area contributed by atoms with Gasteiger partial charge in [-0.15, -0.1) is 0 Å². The van der Waals surface area contributed by atoms with E-state index in [-0.39, 0.29) is 17.9 Å². The summed E-state index contributed by atoms with van der Waals surface area (Å²) in [5, 5.41) is 0. The Morgan fingerprint density at radius 2 is 1.92 bits per heavy atom. The van der Waals surface area contributed by atoms with Gasteiger partial charge in [0.25, 0.3) is 0 Å². The highest BCUT2D eigenvalue weighted by Crippen LogP contribution is 2.49. The molecule has 1 aliphatic carbocycles. The maximum atomic E-state index is 13.3. The topological polar surface area (TPSA) is 20.3 Å². The maximum Gasteiger partial charge on any atom is 0.227 e. The first-order valence-corrected chi connectivity index (χ1v) is 9.71. The van der Waals surface area contributed by atoms with E-state index in [0.717, 1.165) is 10.9 Å². The van der Waals surface area contributed by atoms with Gasteiger partial charge in [-0.25, -0.2) is 0 Å². The van der Waals surface area contributed by atoms with Crippen LogP contribution in [0.3, 0.4) is 0 Å². The molecule has 4 atom stereocenters. The largest absolute Gasteiger partial charge is 0.330 e. The van der Waals surface area contributed by atoms with E-state index in [4.69, 9.17) is 0 Å². The molecule has 1 fully saturated rings. The zero-order chi connectivity index (χ0) is 17.4. The number of allylic oxidation sites excluding steroid dienone is 1. The first kappa shape index (κ1) is 16.6. The standard InChI is InChI=1S/C22H22BrNO/c1-15-7-5-12-19-20(15)22(25)24(14-16-8-3-2-4-9-16)21(19)17-10-6-11-18(23)13-17/h2-6,8-13,15,19-21H,7,14H2,1H3/t15-,19-,20+,21+/m1/s1. The molecule has 1 amide bonds. The van der Waals surface area contributed by atoms with Crippen LogP contribution in [-0.4, -0.2) is 10.8 Å². The Labute approximate surface area is 157 Å². The second kappa shape index (κ2) is 6.80. The summed E-state index contributed by atoms with van der Waals surface area (Å²) in [4.78, 5) is 15.4. The number of hydrogen-bond acceptors (Lipinski definition) is 1. The van der Waals surface area contributed by atoms with Crippen LogP contribution >= 0.6 is 15.9 Å².